The van der Waals surface area contributed by atoms with Crippen LogP contribution in [0.25, 0.3) is 11.4 Å². The lowest BCUT2D eigenvalue weighted by Crippen LogP contribution is -2.34. The molecule has 0 amide bonds. The minimum atomic E-state index is 0.477. The third-order valence-electron chi connectivity index (χ3n) is 4.89. The van der Waals surface area contributed by atoms with Crippen LogP contribution in [0.4, 0.5) is 0 Å². The van der Waals surface area contributed by atoms with Crippen molar-refractivity contribution in [3.63, 3.8) is 0 Å². The second-order valence-corrected chi connectivity index (χ2v) is 6.73. The highest BCUT2D eigenvalue weighted by Gasteiger charge is 2.23. The second-order valence-electron chi connectivity index (χ2n) is 6.73. The van der Waals surface area contributed by atoms with Gasteiger partial charge in [-0.05, 0) is 43.7 Å². The predicted octanol–water partition coefficient (Wildman–Crippen LogP) is 3.26. The lowest BCUT2D eigenvalue weighted by atomic mass is 9.94. The minimum Gasteiger partial charge on any atom is -0.332 e. The summed E-state index contributed by atoms with van der Waals surface area (Å²) >= 11 is 0. The van der Waals surface area contributed by atoms with Crippen molar-refractivity contribution in [2.75, 3.05) is 13.1 Å². The van der Waals surface area contributed by atoms with E-state index >= 15 is 0 Å². The topological polar surface area (TPSA) is 46.8 Å². The Kier molecular flexibility index (Phi) is 4.57. The lowest BCUT2D eigenvalue weighted by molar-refractivity contribution is 0.196. The third kappa shape index (κ3) is 3.61. The van der Waals surface area contributed by atoms with Gasteiger partial charge in [-0.15, -0.1) is 0 Å². The molecule has 3 aromatic rings. The van der Waals surface area contributed by atoms with Crippen LogP contribution in [-0.4, -0.2) is 37.5 Å². The SMILES string of the molecule is Cn1cncc1-c1cccc([C@H]2CCCN(Cc3ccccn3)C2)n1. The summed E-state index contributed by atoms with van der Waals surface area (Å²) in [6.45, 7) is 3.09. The smallest absolute Gasteiger partial charge is 0.0948 e. The molecule has 0 saturated carbocycles. The maximum atomic E-state index is 4.94. The van der Waals surface area contributed by atoms with Crippen LogP contribution in [0.1, 0.15) is 30.1 Å². The number of hydrogen-bond donors (Lipinski definition) is 0. The summed E-state index contributed by atoms with van der Waals surface area (Å²) in [5, 5.41) is 0. The van der Waals surface area contributed by atoms with E-state index in [9.17, 15) is 0 Å². The molecule has 0 aliphatic carbocycles. The molecule has 1 aliphatic heterocycles. The molecule has 1 atom stereocenters. The molecule has 1 aliphatic rings. The average Bonchev–Trinajstić information content (AvgIpc) is 3.09. The van der Waals surface area contributed by atoms with Crippen molar-refractivity contribution in [3.8, 4) is 11.4 Å². The first-order valence-electron chi connectivity index (χ1n) is 8.85. The van der Waals surface area contributed by atoms with Crippen LogP contribution in [0, 0.1) is 0 Å². The van der Waals surface area contributed by atoms with Gasteiger partial charge in [0.25, 0.3) is 0 Å². The molecule has 128 valence electrons. The fourth-order valence-electron chi connectivity index (χ4n) is 3.59. The van der Waals surface area contributed by atoms with Crippen molar-refractivity contribution in [1.82, 2.24) is 24.4 Å². The summed E-state index contributed by atoms with van der Waals surface area (Å²) in [7, 11) is 2.01. The first-order valence-corrected chi connectivity index (χ1v) is 8.85. The monoisotopic (exact) mass is 333 g/mol. The molecule has 0 bridgehead atoms. The first-order chi connectivity index (χ1) is 12.3. The Hall–Kier alpha value is -2.53. The van der Waals surface area contributed by atoms with E-state index in [4.69, 9.17) is 4.98 Å². The zero-order valence-corrected chi connectivity index (χ0v) is 14.5. The highest BCUT2D eigenvalue weighted by molar-refractivity contribution is 5.53. The van der Waals surface area contributed by atoms with Gasteiger partial charge in [-0.25, -0.2) is 4.98 Å². The summed E-state index contributed by atoms with van der Waals surface area (Å²) in [6, 6.07) is 12.5. The number of aromatic nitrogens is 4. The summed E-state index contributed by atoms with van der Waals surface area (Å²) in [5.41, 5.74) is 4.38. The van der Waals surface area contributed by atoms with E-state index in [1.807, 2.05) is 36.4 Å². The Morgan fingerprint density at radius 1 is 1.16 bits per heavy atom. The number of aryl methyl sites for hydroxylation is 1. The van der Waals surface area contributed by atoms with E-state index in [1.54, 1.807) is 0 Å². The second kappa shape index (κ2) is 7.15. The number of imidazole rings is 1. The van der Waals surface area contributed by atoms with E-state index < -0.39 is 0 Å². The van der Waals surface area contributed by atoms with Crippen LogP contribution in [0.2, 0.25) is 0 Å². The normalized spacial score (nSPS) is 18.4. The van der Waals surface area contributed by atoms with Gasteiger partial charge >= 0.3 is 0 Å². The van der Waals surface area contributed by atoms with Crippen molar-refractivity contribution < 1.29 is 0 Å². The van der Waals surface area contributed by atoms with E-state index in [-0.39, 0.29) is 0 Å². The summed E-state index contributed by atoms with van der Waals surface area (Å²) in [5.74, 6) is 0.477. The molecule has 1 saturated heterocycles. The first kappa shape index (κ1) is 16.0. The molecule has 25 heavy (non-hydrogen) atoms. The largest absolute Gasteiger partial charge is 0.332 e. The van der Waals surface area contributed by atoms with Gasteiger partial charge in [-0.2, -0.15) is 0 Å². The number of piperidine rings is 1. The number of pyridine rings is 2. The Balaban J connectivity index is 1.51. The molecule has 0 spiro atoms. The minimum absolute atomic E-state index is 0.477. The zero-order chi connectivity index (χ0) is 17.1. The van der Waals surface area contributed by atoms with E-state index in [1.165, 1.54) is 18.5 Å². The molecule has 1 fully saturated rings. The van der Waals surface area contributed by atoms with Gasteiger partial charge < -0.3 is 4.57 Å². The molecular weight excluding hydrogens is 310 g/mol. The number of likely N-dealkylation sites (tertiary alicyclic amines) is 1. The number of nitrogens with zero attached hydrogens (tertiary/aromatic N) is 5. The molecule has 0 radical (unpaired) electrons. The summed E-state index contributed by atoms with van der Waals surface area (Å²) < 4.78 is 2.01. The predicted molar refractivity (Wildman–Crippen MR) is 97.9 cm³/mol. The van der Waals surface area contributed by atoms with Crippen molar-refractivity contribution >= 4 is 0 Å². The summed E-state index contributed by atoms with van der Waals surface area (Å²) in [4.78, 5) is 16.1. The van der Waals surface area contributed by atoms with Gasteiger partial charge in [0.2, 0.25) is 0 Å². The Labute approximate surface area is 148 Å². The third-order valence-corrected chi connectivity index (χ3v) is 4.89. The zero-order valence-electron chi connectivity index (χ0n) is 14.5. The van der Waals surface area contributed by atoms with Crippen LogP contribution in [0.3, 0.4) is 0 Å². The Morgan fingerprint density at radius 2 is 2.12 bits per heavy atom. The van der Waals surface area contributed by atoms with Crippen molar-refractivity contribution in [1.29, 1.82) is 0 Å². The van der Waals surface area contributed by atoms with Crippen molar-refractivity contribution in [3.05, 3.63) is 66.5 Å². The highest BCUT2D eigenvalue weighted by Crippen LogP contribution is 2.28. The van der Waals surface area contributed by atoms with Gasteiger partial charge in [0, 0.05) is 37.9 Å². The molecule has 3 aromatic heterocycles. The van der Waals surface area contributed by atoms with Crippen LogP contribution < -0.4 is 0 Å². The molecule has 0 unspecified atom stereocenters. The lowest BCUT2D eigenvalue weighted by Gasteiger charge is -2.32. The van der Waals surface area contributed by atoms with E-state index in [0.717, 1.165) is 36.7 Å². The average molecular weight is 333 g/mol. The van der Waals surface area contributed by atoms with Crippen LogP contribution in [0.15, 0.2) is 55.1 Å². The van der Waals surface area contributed by atoms with Crippen molar-refractivity contribution in [2.24, 2.45) is 7.05 Å². The maximum Gasteiger partial charge on any atom is 0.0948 e. The molecule has 0 aromatic carbocycles. The van der Waals surface area contributed by atoms with Gasteiger partial charge in [-0.1, -0.05) is 12.1 Å². The number of hydrogen-bond acceptors (Lipinski definition) is 4. The van der Waals surface area contributed by atoms with Gasteiger partial charge in [0.15, 0.2) is 0 Å². The molecular formula is C20H23N5. The molecule has 0 N–H and O–H groups in total. The summed E-state index contributed by atoms with van der Waals surface area (Å²) in [6.07, 6.45) is 7.96. The fraction of sp³-hybridized carbons (Fsp3) is 0.350. The molecule has 4 rings (SSSR count). The van der Waals surface area contributed by atoms with E-state index in [0.29, 0.717) is 5.92 Å². The quantitative estimate of drug-likeness (QED) is 0.735. The van der Waals surface area contributed by atoms with Crippen LogP contribution in [0.5, 0.6) is 0 Å². The van der Waals surface area contributed by atoms with Crippen molar-refractivity contribution in [2.45, 2.75) is 25.3 Å². The van der Waals surface area contributed by atoms with Crippen LogP contribution >= 0.6 is 0 Å². The highest BCUT2D eigenvalue weighted by atomic mass is 15.1. The molecule has 4 heterocycles. The fourth-order valence-corrected chi connectivity index (χ4v) is 3.59. The van der Waals surface area contributed by atoms with Crippen LogP contribution in [-0.2, 0) is 13.6 Å². The van der Waals surface area contributed by atoms with Gasteiger partial charge in [0.1, 0.15) is 0 Å². The number of rotatable bonds is 4. The standard InChI is InChI=1S/C20H23N5/c1-24-15-21-12-20(24)19-9-4-8-18(23-19)16-6-5-11-25(13-16)14-17-7-2-3-10-22-17/h2-4,7-10,12,15-16H,5-6,11,13-14H2,1H3/t16-/m0/s1. The Morgan fingerprint density at radius 3 is 2.92 bits per heavy atom. The van der Waals surface area contributed by atoms with Gasteiger partial charge in [0.05, 0.1) is 29.6 Å². The van der Waals surface area contributed by atoms with Gasteiger partial charge in [-0.3, -0.25) is 14.9 Å². The van der Waals surface area contributed by atoms with E-state index in [2.05, 4.69) is 45.2 Å². The molecule has 5 nitrogen and oxygen atoms in total. The molecule has 5 heteroatoms. The maximum absolute atomic E-state index is 4.94. The Bertz CT molecular complexity index is 827.